The average Bonchev–Trinajstić information content (AvgIpc) is 2.50. The molecule has 100 valence electrons. The zero-order valence-corrected chi connectivity index (χ0v) is 11.8. The minimum Gasteiger partial charge on any atom is -0.308 e. The predicted molar refractivity (Wildman–Crippen MR) is 81.9 cm³/mol. The van der Waals surface area contributed by atoms with Crippen molar-refractivity contribution in [3.8, 4) is 0 Å². The Hall–Kier alpha value is -1.97. The second-order valence-corrected chi connectivity index (χ2v) is 4.93. The van der Waals surface area contributed by atoms with Crippen molar-refractivity contribution in [1.29, 1.82) is 0 Å². The van der Waals surface area contributed by atoms with Gasteiger partial charge < -0.3 is 5.32 Å². The van der Waals surface area contributed by atoms with Crippen molar-refractivity contribution in [3.63, 3.8) is 0 Å². The van der Waals surface area contributed by atoms with Gasteiger partial charge in [0.1, 0.15) is 0 Å². The summed E-state index contributed by atoms with van der Waals surface area (Å²) in [7, 11) is 1.89. The van der Waals surface area contributed by atoms with E-state index in [0.29, 0.717) is 0 Å². The first-order chi connectivity index (χ1) is 9.79. The fraction of sp³-hybridized carbons (Fsp3) is 0.125. The van der Waals surface area contributed by atoms with Gasteiger partial charge in [-0.15, -0.1) is 0 Å². The summed E-state index contributed by atoms with van der Waals surface area (Å²) in [5, 5.41) is 3.98. The lowest BCUT2D eigenvalue weighted by atomic mass is 10.0. The van der Waals surface area contributed by atoms with Crippen LogP contribution in [0.15, 0.2) is 54.7 Å². The lowest BCUT2D eigenvalue weighted by molar-refractivity contribution is 0.671. The average molecular weight is 284 g/mol. The molecule has 0 radical (unpaired) electrons. The summed E-state index contributed by atoms with van der Waals surface area (Å²) >= 11 is 6.28. The van der Waals surface area contributed by atoms with Gasteiger partial charge in [-0.05, 0) is 30.8 Å². The lowest BCUT2D eigenvalue weighted by Crippen LogP contribution is -2.19. The molecule has 20 heavy (non-hydrogen) atoms. The van der Waals surface area contributed by atoms with Crippen LogP contribution in [0.25, 0.3) is 11.0 Å². The largest absolute Gasteiger partial charge is 0.308 e. The Bertz CT molecular complexity index is 742. The van der Waals surface area contributed by atoms with Gasteiger partial charge in [0.05, 0.1) is 29.0 Å². The molecule has 3 aromatic rings. The van der Waals surface area contributed by atoms with Gasteiger partial charge >= 0.3 is 0 Å². The number of hydrogen-bond donors (Lipinski definition) is 1. The Labute approximate surface area is 122 Å². The fourth-order valence-electron chi connectivity index (χ4n) is 2.28. The summed E-state index contributed by atoms with van der Waals surface area (Å²) in [6, 6.07) is 15.5. The third kappa shape index (κ3) is 2.38. The van der Waals surface area contributed by atoms with Crippen molar-refractivity contribution in [1.82, 2.24) is 15.3 Å². The van der Waals surface area contributed by atoms with E-state index < -0.39 is 0 Å². The number of fused-ring (bicyclic) bond motifs is 1. The Kier molecular flexibility index (Phi) is 3.63. The number of rotatable bonds is 3. The van der Waals surface area contributed by atoms with Crippen LogP contribution in [0.2, 0.25) is 5.02 Å². The summed E-state index contributed by atoms with van der Waals surface area (Å²) in [5.41, 5.74) is 3.64. The Morgan fingerprint density at radius 3 is 2.45 bits per heavy atom. The molecule has 0 bridgehead atoms. The second-order valence-electron chi connectivity index (χ2n) is 4.53. The molecule has 0 saturated carbocycles. The minimum atomic E-state index is -0.0687. The van der Waals surface area contributed by atoms with Crippen LogP contribution in [-0.2, 0) is 0 Å². The monoisotopic (exact) mass is 283 g/mol. The van der Waals surface area contributed by atoms with E-state index >= 15 is 0 Å². The molecule has 0 aliphatic carbocycles. The van der Waals surface area contributed by atoms with Gasteiger partial charge in [-0.25, -0.2) is 4.98 Å². The van der Waals surface area contributed by atoms with E-state index in [-0.39, 0.29) is 6.04 Å². The van der Waals surface area contributed by atoms with Crippen LogP contribution in [-0.4, -0.2) is 17.0 Å². The first-order valence-corrected chi connectivity index (χ1v) is 6.81. The van der Waals surface area contributed by atoms with Crippen LogP contribution in [0.3, 0.4) is 0 Å². The van der Waals surface area contributed by atoms with Crippen molar-refractivity contribution in [3.05, 3.63) is 71.0 Å². The van der Waals surface area contributed by atoms with Gasteiger partial charge in [0.2, 0.25) is 0 Å². The number of para-hydroxylation sites is 2. The Morgan fingerprint density at radius 1 is 1.00 bits per heavy atom. The summed E-state index contributed by atoms with van der Waals surface area (Å²) in [6.45, 7) is 0. The molecule has 0 aliphatic rings. The highest BCUT2D eigenvalue weighted by Gasteiger charge is 2.16. The van der Waals surface area contributed by atoms with E-state index in [4.69, 9.17) is 11.6 Å². The smallest absolute Gasteiger partial charge is 0.0890 e. The molecule has 2 aromatic carbocycles. The standard InChI is InChI=1S/C16H14ClN3/c1-18-16(11-6-2-3-7-12(11)17)15-10-19-13-8-4-5-9-14(13)20-15/h2-10,16,18H,1H3. The third-order valence-corrected chi connectivity index (χ3v) is 3.61. The van der Waals surface area contributed by atoms with Crippen molar-refractivity contribution < 1.29 is 0 Å². The summed E-state index contributed by atoms with van der Waals surface area (Å²) in [5.74, 6) is 0. The predicted octanol–water partition coefficient (Wildman–Crippen LogP) is 3.59. The Balaban J connectivity index is 2.10. The maximum absolute atomic E-state index is 6.28. The quantitative estimate of drug-likeness (QED) is 0.798. The molecule has 0 aliphatic heterocycles. The van der Waals surface area contributed by atoms with Crippen molar-refractivity contribution in [2.24, 2.45) is 0 Å². The van der Waals surface area contributed by atoms with Gasteiger partial charge in [-0.3, -0.25) is 4.98 Å². The number of benzene rings is 2. The molecule has 0 saturated heterocycles. The van der Waals surface area contributed by atoms with Crippen molar-refractivity contribution in [2.75, 3.05) is 7.05 Å². The van der Waals surface area contributed by atoms with Gasteiger partial charge in [-0.1, -0.05) is 41.9 Å². The van der Waals surface area contributed by atoms with Gasteiger partial charge in [0.25, 0.3) is 0 Å². The second kappa shape index (κ2) is 5.57. The van der Waals surface area contributed by atoms with Gasteiger partial charge in [0.15, 0.2) is 0 Å². The normalized spacial score (nSPS) is 12.5. The Morgan fingerprint density at radius 2 is 1.70 bits per heavy atom. The highest BCUT2D eigenvalue weighted by Crippen LogP contribution is 2.27. The molecule has 1 aromatic heterocycles. The van der Waals surface area contributed by atoms with Crippen LogP contribution in [0.4, 0.5) is 0 Å². The molecule has 3 rings (SSSR count). The number of hydrogen-bond acceptors (Lipinski definition) is 3. The maximum atomic E-state index is 6.28. The number of nitrogens with one attached hydrogen (secondary N) is 1. The zero-order valence-electron chi connectivity index (χ0n) is 11.0. The molecule has 3 nitrogen and oxygen atoms in total. The molecule has 4 heteroatoms. The molecule has 1 unspecified atom stereocenters. The fourth-order valence-corrected chi connectivity index (χ4v) is 2.53. The molecule has 0 spiro atoms. The SMILES string of the molecule is CNC(c1cnc2ccccc2n1)c1ccccc1Cl. The molecule has 1 atom stereocenters. The third-order valence-electron chi connectivity index (χ3n) is 3.27. The molecule has 0 amide bonds. The first-order valence-electron chi connectivity index (χ1n) is 6.43. The van der Waals surface area contributed by atoms with Crippen LogP contribution in [0.5, 0.6) is 0 Å². The zero-order chi connectivity index (χ0) is 13.9. The maximum Gasteiger partial charge on any atom is 0.0890 e. The topological polar surface area (TPSA) is 37.8 Å². The van der Waals surface area contributed by atoms with Gasteiger partial charge in [-0.2, -0.15) is 0 Å². The lowest BCUT2D eigenvalue weighted by Gasteiger charge is -2.17. The highest BCUT2D eigenvalue weighted by molar-refractivity contribution is 6.31. The number of halogens is 1. The van der Waals surface area contributed by atoms with E-state index in [1.807, 2.05) is 55.6 Å². The minimum absolute atomic E-state index is 0.0687. The van der Waals surface area contributed by atoms with E-state index in [0.717, 1.165) is 27.3 Å². The van der Waals surface area contributed by atoms with Gasteiger partial charge in [0, 0.05) is 5.02 Å². The van der Waals surface area contributed by atoms with Crippen LogP contribution < -0.4 is 5.32 Å². The van der Waals surface area contributed by atoms with Crippen LogP contribution in [0, 0.1) is 0 Å². The van der Waals surface area contributed by atoms with Crippen molar-refractivity contribution in [2.45, 2.75) is 6.04 Å². The molecular weight excluding hydrogens is 270 g/mol. The molecule has 1 heterocycles. The van der Waals surface area contributed by atoms with Crippen LogP contribution >= 0.6 is 11.6 Å². The number of nitrogens with zero attached hydrogens (tertiary/aromatic N) is 2. The first kappa shape index (κ1) is 13.0. The van der Waals surface area contributed by atoms with Crippen molar-refractivity contribution >= 4 is 22.6 Å². The summed E-state index contributed by atoms with van der Waals surface area (Å²) in [4.78, 5) is 9.14. The highest BCUT2D eigenvalue weighted by atomic mass is 35.5. The summed E-state index contributed by atoms with van der Waals surface area (Å²) in [6.07, 6.45) is 1.80. The van der Waals surface area contributed by atoms with E-state index in [2.05, 4.69) is 15.3 Å². The van der Waals surface area contributed by atoms with E-state index in [1.165, 1.54) is 0 Å². The molecule has 0 fully saturated rings. The molecular formula is C16H14ClN3. The van der Waals surface area contributed by atoms with Crippen LogP contribution in [0.1, 0.15) is 17.3 Å². The number of aromatic nitrogens is 2. The van der Waals surface area contributed by atoms with E-state index in [1.54, 1.807) is 6.20 Å². The molecule has 1 N–H and O–H groups in total. The summed E-state index contributed by atoms with van der Waals surface area (Å²) < 4.78 is 0. The van der Waals surface area contributed by atoms with E-state index in [9.17, 15) is 0 Å².